The maximum absolute atomic E-state index is 14.2. The normalized spacial score (nSPS) is 15.7. The topological polar surface area (TPSA) is 66.5 Å². The molecule has 2 aromatic rings. The Morgan fingerprint density at radius 2 is 1.96 bits per heavy atom. The van der Waals surface area contributed by atoms with Gasteiger partial charge in [-0.15, -0.1) is 0 Å². The van der Waals surface area contributed by atoms with Gasteiger partial charge in [-0.3, -0.25) is 4.79 Å². The highest BCUT2D eigenvalue weighted by Gasteiger charge is 2.29. The van der Waals surface area contributed by atoms with Crippen LogP contribution in [0, 0.1) is 5.82 Å². The molecule has 0 bridgehead atoms. The van der Waals surface area contributed by atoms with E-state index in [2.05, 4.69) is 5.32 Å². The van der Waals surface area contributed by atoms with E-state index in [1.165, 1.54) is 10.4 Å². The number of carbonyl (C=O) groups excluding carboxylic acids is 1. The summed E-state index contributed by atoms with van der Waals surface area (Å²) < 4.78 is 40.9. The van der Waals surface area contributed by atoms with Crippen LogP contribution >= 0.6 is 11.3 Å². The molecule has 26 heavy (non-hydrogen) atoms. The predicted octanol–water partition coefficient (Wildman–Crippen LogP) is 3.03. The molecule has 1 N–H and O–H groups in total. The van der Waals surface area contributed by atoms with Crippen molar-refractivity contribution in [1.82, 2.24) is 9.62 Å². The third-order valence-corrected chi connectivity index (χ3v) is 7.05. The van der Waals surface area contributed by atoms with Gasteiger partial charge in [0.15, 0.2) is 0 Å². The summed E-state index contributed by atoms with van der Waals surface area (Å²) in [6, 6.07) is 5.48. The van der Waals surface area contributed by atoms with E-state index in [0.717, 1.165) is 37.0 Å². The quantitative estimate of drug-likeness (QED) is 0.816. The Balaban J connectivity index is 1.73. The highest BCUT2D eigenvalue weighted by atomic mass is 32.2. The number of thiophene rings is 1. The van der Waals surface area contributed by atoms with E-state index in [1.807, 2.05) is 16.8 Å². The van der Waals surface area contributed by atoms with Crippen LogP contribution in [-0.4, -0.2) is 38.3 Å². The predicted molar refractivity (Wildman–Crippen MR) is 99.4 cm³/mol. The highest BCUT2D eigenvalue weighted by molar-refractivity contribution is 7.89. The summed E-state index contributed by atoms with van der Waals surface area (Å²) >= 11 is 1.59. The number of hydrogen-bond donors (Lipinski definition) is 1. The van der Waals surface area contributed by atoms with Crippen molar-refractivity contribution in [2.45, 2.75) is 30.6 Å². The van der Waals surface area contributed by atoms with Crippen LogP contribution in [0.2, 0.25) is 0 Å². The summed E-state index contributed by atoms with van der Waals surface area (Å²) in [7, 11) is -3.92. The van der Waals surface area contributed by atoms with Gasteiger partial charge in [0.05, 0.1) is 0 Å². The van der Waals surface area contributed by atoms with Crippen molar-refractivity contribution in [2.24, 2.45) is 0 Å². The van der Waals surface area contributed by atoms with Gasteiger partial charge in [-0.1, -0.05) is 6.42 Å². The molecule has 1 amide bonds. The molecule has 1 fully saturated rings. The molecule has 0 saturated carbocycles. The number of halogens is 1. The molecule has 1 aromatic heterocycles. The number of benzene rings is 1. The Hall–Kier alpha value is -1.77. The van der Waals surface area contributed by atoms with Gasteiger partial charge in [0.25, 0.3) is 5.91 Å². The minimum Gasteiger partial charge on any atom is -0.352 e. The average molecular weight is 397 g/mol. The first-order chi connectivity index (χ1) is 12.5. The zero-order valence-electron chi connectivity index (χ0n) is 14.3. The number of carbonyl (C=O) groups is 1. The second-order valence-corrected chi connectivity index (χ2v) is 8.93. The second kappa shape index (κ2) is 8.28. The molecule has 1 saturated heterocycles. The monoisotopic (exact) mass is 396 g/mol. The number of piperidine rings is 1. The van der Waals surface area contributed by atoms with Crippen LogP contribution in [0.1, 0.15) is 35.2 Å². The third-order valence-electron chi connectivity index (χ3n) is 4.41. The maximum atomic E-state index is 14.2. The lowest BCUT2D eigenvalue weighted by molar-refractivity contribution is 0.0954. The van der Waals surface area contributed by atoms with E-state index in [4.69, 9.17) is 0 Å². The van der Waals surface area contributed by atoms with Gasteiger partial charge in [0.2, 0.25) is 10.0 Å². The fourth-order valence-electron chi connectivity index (χ4n) is 2.94. The van der Waals surface area contributed by atoms with Crippen LogP contribution in [0.3, 0.4) is 0 Å². The van der Waals surface area contributed by atoms with Crippen LogP contribution in [0.15, 0.2) is 39.9 Å². The van der Waals surface area contributed by atoms with Gasteiger partial charge in [-0.25, -0.2) is 12.8 Å². The molecule has 1 aromatic carbocycles. The summed E-state index contributed by atoms with van der Waals surface area (Å²) in [4.78, 5) is 11.9. The van der Waals surface area contributed by atoms with Gasteiger partial charge in [-0.2, -0.15) is 15.6 Å². The number of amides is 1. The number of nitrogens with zero attached hydrogens (tertiary/aromatic N) is 1. The Morgan fingerprint density at radius 1 is 1.19 bits per heavy atom. The SMILES string of the molecule is O=C(NCCc1ccsc1)c1ccc(F)c(S(=O)(=O)N2CCCCC2)c1. The van der Waals surface area contributed by atoms with Crippen LogP contribution in [0.4, 0.5) is 4.39 Å². The Bertz CT molecular complexity index is 861. The van der Waals surface area contributed by atoms with Crippen molar-refractivity contribution in [1.29, 1.82) is 0 Å². The first-order valence-corrected chi connectivity index (χ1v) is 11.0. The molecule has 140 valence electrons. The smallest absolute Gasteiger partial charge is 0.251 e. The number of rotatable bonds is 6. The lowest BCUT2D eigenvalue weighted by Crippen LogP contribution is -2.36. The van der Waals surface area contributed by atoms with Crippen LogP contribution in [0.5, 0.6) is 0 Å². The molecule has 0 spiro atoms. The van der Waals surface area contributed by atoms with E-state index < -0.39 is 26.6 Å². The lowest BCUT2D eigenvalue weighted by Gasteiger charge is -2.26. The lowest BCUT2D eigenvalue weighted by atomic mass is 10.2. The first kappa shape index (κ1) is 19.0. The van der Waals surface area contributed by atoms with Crippen molar-refractivity contribution in [3.63, 3.8) is 0 Å². The number of nitrogens with one attached hydrogen (secondary N) is 1. The molecule has 1 aliphatic rings. The first-order valence-electron chi connectivity index (χ1n) is 8.57. The summed E-state index contributed by atoms with van der Waals surface area (Å²) in [5, 5.41) is 6.72. The third kappa shape index (κ3) is 4.31. The second-order valence-electron chi connectivity index (χ2n) is 6.25. The molecule has 0 radical (unpaired) electrons. The molecule has 0 aliphatic carbocycles. The maximum Gasteiger partial charge on any atom is 0.251 e. The molecule has 2 heterocycles. The van der Waals surface area contributed by atoms with Crippen molar-refractivity contribution >= 4 is 27.3 Å². The molecule has 3 rings (SSSR count). The van der Waals surface area contributed by atoms with Crippen molar-refractivity contribution in [3.8, 4) is 0 Å². The summed E-state index contributed by atoms with van der Waals surface area (Å²) in [5.74, 6) is -1.24. The van der Waals surface area contributed by atoms with E-state index in [-0.39, 0.29) is 5.56 Å². The fourth-order valence-corrected chi connectivity index (χ4v) is 5.25. The highest BCUT2D eigenvalue weighted by Crippen LogP contribution is 2.24. The number of sulfonamides is 1. The molecule has 1 aliphatic heterocycles. The van der Waals surface area contributed by atoms with Gasteiger partial charge in [0, 0.05) is 25.2 Å². The summed E-state index contributed by atoms with van der Waals surface area (Å²) in [6.45, 7) is 1.21. The standard InChI is InChI=1S/C18H21FN2O3S2/c19-16-5-4-15(18(22)20-8-6-14-7-11-25-13-14)12-17(16)26(23,24)21-9-2-1-3-10-21/h4-5,7,11-13H,1-3,6,8-10H2,(H,20,22). The zero-order chi connectivity index (χ0) is 18.6. The molecule has 5 nitrogen and oxygen atoms in total. The average Bonchev–Trinajstić information content (AvgIpc) is 3.16. The number of hydrogen-bond acceptors (Lipinski definition) is 4. The van der Waals surface area contributed by atoms with Gasteiger partial charge in [-0.05, 0) is 59.9 Å². The summed E-state index contributed by atoms with van der Waals surface area (Å²) in [6.07, 6.45) is 3.20. The van der Waals surface area contributed by atoms with Crippen molar-refractivity contribution < 1.29 is 17.6 Å². The Kier molecular flexibility index (Phi) is 6.05. The van der Waals surface area contributed by atoms with E-state index in [1.54, 1.807) is 11.3 Å². The van der Waals surface area contributed by atoms with Crippen molar-refractivity contribution in [2.75, 3.05) is 19.6 Å². The Labute approximate surface area is 156 Å². The van der Waals surface area contributed by atoms with E-state index >= 15 is 0 Å². The Morgan fingerprint density at radius 3 is 2.65 bits per heavy atom. The van der Waals surface area contributed by atoms with Crippen LogP contribution < -0.4 is 5.32 Å². The molecule has 8 heteroatoms. The van der Waals surface area contributed by atoms with Gasteiger partial charge >= 0.3 is 0 Å². The van der Waals surface area contributed by atoms with Gasteiger partial charge < -0.3 is 5.32 Å². The minimum absolute atomic E-state index is 0.146. The van der Waals surface area contributed by atoms with Gasteiger partial charge in [0.1, 0.15) is 10.7 Å². The van der Waals surface area contributed by atoms with E-state index in [0.29, 0.717) is 26.1 Å². The molecule has 0 atom stereocenters. The van der Waals surface area contributed by atoms with Crippen LogP contribution in [0.25, 0.3) is 0 Å². The zero-order valence-corrected chi connectivity index (χ0v) is 15.9. The minimum atomic E-state index is -3.92. The van der Waals surface area contributed by atoms with Crippen LogP contribution in [-0.2, 0) is 16.4 Å². The molecule has 0 unspecified atom stereocenters. The summed E-state index contributed by atoms with van der Waals surface area (Å²) in [5.41, 5.74) is 1.27. The molecular formula is C18H21FN2O3S2. The molecular weight excluding hydrogens is 375 g/mol. The van der Waals surface area contributed by atoms with Crippen molar-refractivity contribution in [3.05, 3.63) is 52.0 Å². The van der Waals surface area contributed by atoms with E-state index in [9.17, 15) is 17.6 Å². The fraction of sp³-hybridized carbons (Fsp3) is 0.389. The largest absolute Gasteiger partial charge is 0.352 e.